The van der Waals surface area contributed by atoms with Gasteiger partial charge in [0.25, 0.3) is 0 Å². The van der Waals surface area contributed by atoms with Crippen LogP contribution in [0, 0.1) is 0 Å². The molecule has 0 atom stereocenters. The number of hydrogen-bond donors (Lipinski definition) is 1. The molecule has 0 saturated heterocycles. The van der Waals surface area contributed by atoms with Gasteiger partial charge in [-0.3, -0.25) is 5.73 Å². The number of nitrogen functional groups attached to an aromatic ring is 1. The van der Waals surface area contributed by atoms with Gasteiger partial charge in [0.1, 0.15) is 29.9 Å². The van der Waals surface area contributed by atoms with Crippen LogP contribution in [0.15, 0.2) is 48.5 Å². The lowest BCUT2D eigenvalue weighted by molar-refractivity contribution is -0.630. The topological polar surface area (TPSA) is 44.1 Å². The molecule has 21 heavy (non-hydrogen) atoms. The Kier molecular flexibility index (Phi) is 3.71. The molecule has 1 heterocycles. The highest BCUT2D eigenvalue weighted by Gasteiger charge is 2.17. The molecule has 108 valence electrons. The van der Waals surface area contributed by atoms with Gasteiger partial charge in [0.2, 0.25) is 0 Å². The summed E-state index contributed by atoms with van der Waals surface area (Å²) in [7, 11) is 1.96. The Hall–Kier alpha value is -2.20. The quantitative estimate of drug-likeness (QED) is 0.753. The number of imidazole rings is 1. The van der Waals surface area contributed by atoms with E-state index >= 15 is 0 Å². The molecule has 0 unspecified atom stereocenters. The Labute approximate surface area is 128 Å². The molecule has 0 aliphatic carbocycles. The lowest BCUT2D eigenvalue weighted by atomic mass is 10.3. The summed E-state index contributed by atoms with van der Waals surface area (Å²) in [5, 5.41) is 0.619. The number of rotatable bonds is 4. The van der Waals surface area contributed by atoms with Crippen molar-refractivity contribution in [3.63, 3.8) is 0 Å². The van der Waals surface area contributed by atoms with Crippen LogP contribution in [-0.2, 0) is 13.6 Å². The van der Waals surface area contributed by atoms with Gasteiger partial charge in [-0.25, -0.2) is 9.13 Å². The van der Waals surface area contributed by atoms with E-state index in [1.165, 1.54) is 0 Å². The molecule has 0 amide bonds. The molecular formula is C16H17ClN3O+. The van der Waals surface area contributed by atoms with Gasteiger partial charge in [-0.05, 0) is 24.3 Å². The van der Waals surface area contributed by atoms with Gasteiger partial charge in [-0.1, -0.05) is 35.9 Å². The minimum absolute atomic E-state index is 0.507. The average Bonchev–Trinajstić information content (AvgIpc) is 2.74. The first-order chi connectivity index (χ1) is 10.2. The van der Waals surface area contributed by atoms with Crippen LogP contribution in [0.1, 0.15) is 0 Å². The third-order valence-corrected chi connectivity index (χ3v) is 3.88. The maximum Gasteiger partial charge on any atom is 0.355 e. The Balaban J connectivity index is 1.80. The minimum atomic E-state index is 0.507. The lowest BCUT2D eigenvalue weighted by Gasteiger charge is -2.07. The van der Waals surface area contributed by atoms with Gasteiger partial charge in [0.05, 0.1) is 12.1 Å². The van der Waals surface area contributed by atoms with Gasteiger partial charge in [-0.15, -0.1) is 0 Å². The van der Waals surface area contributed by atoms with Crippen molar-refractivity contribution >= 4 is 28.6 Å². The summed E-state index contributed by atoms with van der Waals surface area (Å²) in [5.74, 6) is 1.40. The van der Waals surface area contributed by atoms with Gasteiger partial charge < -0.3 is 4.74 Å². The molecule has 2 N–H and O–H groups in total. The number of hydrogen-bond acceptors (Lipinski definition) is 2. The predicted octanol–water partition coefficient (Wildman–Crippen LogP) is 2.78. The number of benzene rings is 2. The smallest absolute Gasteiger partial charge is 0.355 e. The Morgan fingerprint density at radius 2 is 1.86 bits per heavy atom. The van der Waals surface area contributed by atoms with E-state index in [0.29, 0.717) is 29.9 Å². The van der Waals surface area contributed by atoms with Crippen LogP contribution in [0.2, 0.25) is 5.02 Å². The largest absolute Gasteiger partial charge is 0.489 e. The molecule has 4 nitrogen and oxygen atoms in total. The number of ether oxygens (including phenoxy) is 1. The fraction of sp³-hybridized carbons (Fsp3) is 0.188. The molecule has 5 heteroatoms. The van der Waals surface area contributed by atoms with E-state index < -0.39 is 0 Å². The first-order valence-electron chi connectivity index (χ1n) is 6.78. The highest BCUT2D eigenvalue weighted by Crippen LogP contribution is 2.23. The Bertz CT molecular complexity index is 782. The van der Waals surface area contributed by atoms with Crippen molar-refractivity contribution in [3.8, 4) is 5.75 Å². The second-order valence-electron chi connectivity index (χ2n) is 4.84. The molecule has 3 aromatic rings. The van der Waals surface area contributed by atoms with Crippen LogP contribution in [-0.4, -0.2) is 11.2 Å². The fourth-order valence-electron chi connectivity index (χ4n) is 2.45. The second kappa shape index (κ2) is 5.66. The number of nitrogens with two attached hydrogens (primary N) is 1. The highest BCUT2D eigenvalue weighted by molar-refractivity contribution is 6.32. The van der Waals surface area contributed by atoms with E-state index in [2.05, 4.69) is 12.1 Å². The maximum atomic E-state index is 6.17. The SMILES string of the molecule is C[n+]1c(N)n(CCOc2ccccc2Cl)c2ccccc21. The predicted molar refractivity (Wildman–Crippen MR) is 84.5 cm³/mol. The minimum Gasteiger partial charge on any atom is -0.489 e. The number of halogens is 1. The Morgan fingerprint density at radius 3 is 2.67 bits per heavy atom. The molecule has 0 bridgehead atoms. The van der Waals surface area contributed by atoms with E-state index in [0.717, 1.165) is 11.0 Å². The monoisotopic (exact) mass is 302 g/mol. The van der Waals surface area contributed by atoms with E-state index in [1.807, 2.05) is 52.6 Å². The molecule has 1 aromatic heterocycles. The number of anilines is 1. The summed E-state index contributed by atoms with van der Waals surface area (Å²) in [6, 6.07) is 15.6. The number of nitrogens with zero attached hydrogens (tertiary/aromatic N) is 2. The number of fused-ring (bicyclic) bond motifs is 1. The van der Waals surface area contributed by atoms with E-state index in [-0.39, 0.29) is 0 Å². The van der Waals surface area contributed by atoms with Gasteiger partial charge in [-0.2, -0.15) is 0 Å². The fourth-order valence-corrected chi connectivity index (χ4v) is 2.64. The van der Waals surface area contributed by atoms with Crippen molar-refractivity contribution in [2.45, 2.75) is 6.54 Å². The van der Waals surface area contributed by atoms with Gasteiger partial charge in [0, 0.05) is 0 Å². The van der Waals surface area contributed by atoms with E-state index in [1.54, 1.807) is 0 Å². The summed E-state index contributed by atoms with van der Waals surface area (Å²) in [6.45, 7) is 1.17. The summed E-state index contributed by atoms with van der Waals surface area (Å²) in [6.07, 6.45) is 0. The molecule has 3 rings (SSSR count). The maximum absolute atomic E-state index is 6.17. The molecule has 0 radical (unpaired) electrons. The zero-order chi connectivity index (χ0) is 14.8. The third-order valence-electron chi connectivity index (χ3n) is 3.56. The van der Waals surface area contributed by atoms with Crippen molar-refractivity contribution < 1.29 is 9.30 Å². The molecular weight excluding hydrogens is 286 g/mol. The highest BCUT2D eigenvalue weighted by atomic mass is 35.5. The van der Waals surface area contributed by atoms with Crippen LogP contribution in [0.3, 0.4) is 0 Å². The second-order valence-corrected chi connectivity index (χ2v) is 5.24. The van der Waals surface area contributed by atoms with Gasteiger partial charge in [0.15, 0.2) is 0 Å². The molecule has 0 saturated carbocycles. The van der Waals surface area contributed by atoms with Crippen LogP contribution in [0.25, 0.3) is 11.0 Å². The van der Waals surface area contributed by atoms with Crippen LogP contribution >= 0.6 is 11.6 Å². The lowest BCUT2D eigenvalue weighted by Crippen LogP contribution is -2.31. The van der Waals surface area contributed by atoms with Crippen LogP contribution < -0.4 is 15.0 Å². The van der Waals surface area contributed by atoms with Crippen LogP contribution in [0.4, 0.5) is 5.95 Å². The van der Waals surface area contributed by atoms with Crippen LogP contribution in [0.5, 0.6) is 5.75 Å². The van der Waals surface area contributed by atoms with E-state index in [9.17, 15) is 0 Å². The Morgan fingerprint density at radius 1 is 1.14 bits per heavy atom. The third kappa shape index (κ3) is 2.54. The first kappa shape index (κ1) is 13.8. The molecule has 0 aliphatic heterocycles. The average molecular weight is 303 g/mol. The van der Waals surface area contributed by atoms with Crippen molar-refractivity contribution in [2.75, 3.05) is 12.3 Å². The summed E-state index contributed by atoms with van der Waals surface area (Å²) < 4.78 is 9.76. The summed E-state index contributed by atoms with van der Waals surface area (Å²) in [5.41, 5.74) is 8.37. The normalized spacial score (nSPS) is 11.0. The van der Waals surface area contributed by atoms with Crippen molar-refractivity contribution in [2.24, 2.45) is 7.05 Å². The van der Waals surface area contributed by atoms with Crippen molar-refractivity contribution in [3.05, 3.63) is 53.6 Å². The van der Waals surface area contributed by atoms with Crippen molar-refractivity contribution in [1.82, 2.24) is 4.57 Å². The van der Waals surface area contributed by atoms with Crippen molar-refractivity contribution in [1.29, 1.82) is 0 Å². The molecule has 0 fully saturated rings. The first-order valence-corrected chi connectivity index (χ1v) is 7.16. The standard InChI is InChI=1S/C16H16ClN3O/c1-19-13-7-3-4-8-14(13)20(16(19)18)10-11-21-15-9-5-2-6-12(15)17/h2-9,18H,10-11H2,1H3/p+1. The zero-order valence-electron chi connectivity index (χ0n) is 11.8. The van der Waals surface area contributed by atoms with Gasteiger partial charge >= 0.3 is 5.95 Å². The molecule has 2 aromatic carbocycles. The number of aromatic nitrogens is 2. The summed E-state index contributed by atoms with van der Waals surface area (Å²) in [4.78, 5) is 0. The molecule has 0 spiro atoms. The zero-order valence-corrected chi connectivity index (χ0v) is 12.5. The van der Waals surface area contributed by atoms with E-state index in [4.69, 9.17) is 22.1 Å². The molecule has 0 aliphatic rings. The summed E-state index contributed by atoms with van der Waals surface area (Å²) >= 11 is 6.08. The number of para-hydroxylation sites is 3. The number of aryl methyl sites for hydroxylation is 1.